The second-order valence-corrected chi connectivity index (χ2v) is 5.96. The zero-order valence-electron chi connectivity index (χ0n) is 11.9. The molecule has 0 spiro atoms. The monoisotopic (exact) mass is 334 g/mol. The fourth-order valence-corrected chi connectivity index (χ4v) is 2.20. The SMILES string of the molecule is CCN(CC(C)(C)O)C(=O)c1cc([N+](=O)[O-])cc(Cl)c1Cl. The summed E-state index contributed by atoms with van der Waals surface area (Å²) in [6, 6.07) is 2.18. The van der Waals surface area contributed by atoms with Crippen LogP contribution in [0.15, 0.2) is 12.1 Å². The first kappa shape index (κ1) is 17.7. The summed E-state index contributed by atoms with van der Waals surface area (Å²) < 4.78 is 0. The molecule has 8 heteroatoms. The van der Waals surface area contributed by atoms with E-state index in [1.165, 1.54) is 4.90 Å². The first-order valence-corrected chi connectivity index (χ1v) is 6.97. The van der Waals surface area contributed by atoms with Gasteiger partial charge in [0, 0.05) is 25.2 Å². The van der Waals surface area contributed by atoms with Crippen LogP contribution in [0.3, 0.4) is 0 Å². The Balaban J connectivity index is 3.25. The second-order valence-electron chi connectivity index (χ2n) is 5.18. The topological polar surface area (TPSA) is 83.7 Å². The van der Waals surface area contributed by atoms with Crippen molar-refractivity contribution >= 4 is 34.8 Å². The van der Waals surface area contributed by atoms with Gasteiger partial charge in [-0.15, -0.1) is 0 Å². The van der Waals surface area contributed by atoms with Crippen LogP contribution in [0.1, 0.15) is 31.1 Å². The van der Waals surface area contributed by atoms with Crippen LogP contribution < -0.4 is 0 Å². The Labute approximate surface area is 132 Å². The van der Waals surface area contributed by atoms with Crippen molar-refractivity contribution in [1.29, 1.82) is 0 Å². The Bertz CT molecular complexity index is 570. The Morgan fingerprint density at radius 2 is 2.00 bits per heavy atom. The van der Waals surface area contributed by atoms with Crippen molar-refractivity contribution in [3.05, 3.63) is 37.9 Å². The quantitative estimate of drug-likeness (QED) is 0.662. The van der Waals surface area contributed by atoms with Crippen LogP contribution in [0.2, 0.25) is 10.0 Å². The number of hydrogen-bond donors (Lipinski definition) is 1. The first-order valence-electron chi connectivity index (χ1n) is 6.22. The molecule has 0 atom stereocenters. The largest absolute Gasteiger partial charge is 0.389 e. The van der Waals surface area contributed by atoms with E-state index >= 15 is 0 Å². The van der Waals surface area contributed by atoms with E-state index < -0.39 is 16.4 Å². The smallest absolute Gasteiger partial charge is 0.271 e. The molecule has 0 unspecified atom stereocenters. The van der Waals surface area contributed by atoms with E-state index in [9.17, 15) is 20.0 Å². The van der Waals surface area contributed by atoms with Gasteiger partial charge in [-0.25, -0.2) is 0 Å². The number of nitro benzene ring substituents is 1. The molecular weight excluding hydrogens is 319 g/mol. The van der Waals surface area contributed by atoms with Crippen molar-refractivity contribution in [2.45, 2.75) is 26.4 Å². The number of non-ortho nitro benzene ring substituents is 1. The summed E-state index contributed by atoms with van der Waals surface area (Å²) >= 11 is 11.8. The molecule has 0 heterocycles. The molecule has 116 valence electrons. The van der Waals surface area contributed by atoms with E-state index in [1.54, 1.807) is 20.8 Å². The van der Waals surface area contributed by atoms with Gasteiger partial charge in [-0.3, -0.25) is 14.9 Å². The number of aliphatic hydroxyl groups is 1. The number of rotatable bonds is 5. The summed E-state index contributed by atoms with van der Waals surface area (Å²) in [6.45, 7) is 5.24. The number of amides is 1. The average Bonchev–Trinajstić information content (AvgIpc) is 2.36. The van der Waals surface area contributed by atoms with Gasteiger partial charge < -0.3 is 10.0 Å². The van der Waals surface area contributed by atoms with Crippen LogP contribution in [0.4, 0.5) is 5.69 Å². The van der Waals surface area contributed by atoms with E-state index in [1.807, 2.05) is 0 Å². The second kappa shape index (κ2) is 6.60. The highest BCUT2D eigenvalue weighted by Gasteiger charge is 2.26. The van der Waals surface area contributed by atoms with Gasteiger partial charge >= 0.3 is 0 Å². The number of likely N-dealkylation sites (N-methyl/N-ethyl adjacent to an activating group) is 1. The third kappa shape index (κ3) is 4.56. The highest BCUT2D eigenvalue weighted by molar-refractivity contribution is 6.44. The van der Waals surface area contributed by atoms with Crippen molar-refractivity contribution in [2.75, 3.05) is 13.1 Å². The van der Waals surface area contributed by atoms with Crippen molar-refractivity contribution in [1.82, 2.24) is 4.90 Å². The molecule has 0 bridgehead atoms. The van der Waals surface area contributed by atoms with Crippen molar-refractivity contribution in [2.24, 2.45) is 0 Å². The zero-order valence-corrected chi connectivity index (χ0v) is 13.4. The minimum atomic E-state index is -1.09. The highest BCUT2D eigenvalue weighted by Crippen LogP contribution is 2.31. The van der Waals surface area contributed by atoms with E-state index in [0.717, 1.165) is 12.1 Å². The van der Waals surface area contributed by atoms with E-state index in [4.69, 9.17) is 23.2 Å². The van der Waals surface area contributed by atoms with Crippen LogP contribution in [0, 0.1) is 10.1 Å². The molecule has 0 radical (unpaired) electrons. The average molecular weight is 335 g/mol. The first-order chi connectivity index (χ1) is 9.56. The van der Waals surface area contributed by atoms with Crippen LogP contribution in [-0.2, 0) is 0 Å². The Kier molecular flexibility index (Phi) is 5.55. The molecule has 0 fully saturated rings. The summed E-state index contributed by atoms with van der Waals surface area (Å²) in [7, 11) is 0. The minimum absolute atomic E-state index is 0.0403. The molecule has 0 aliphatic heterocycles. The number of hydrogen-bond acceptors (Lipinski definition) is 4. The molecule has 1 aromatic rings. The van der Waals surface area contributed by atoms with Gasteiger partial charge in [0.25, 0.3) is 11.6 Å². The molecule has 21 heavy (non-hydrogen) atoms. The van der Waals surface area contributed by atoms with Gasteiger partial charge in [0.05, 0.1) is 26.1 Å². The third-order valence-corrected chi connectivity index (χ3v) is 3.50. The molecule has 0 aliphatic carbocycles. The molecule has 0 saturated heterocycles. The molecule has 0 aromatic heterocycles. The van der Waals surface area contributed by atoms with E-state index in [-0.39, 0.29) is 27.8 Å². The van der Waals surface area contributed by atoms with Crippen LogP contribution in [-0.4, -0.2) is 39.5 Å². The normalized spacial score (nSPS) is 11.3. The maximum atomic E-state index is 12.5. The van der Waals surface area contributed by atoms with Gasteiger partial charge in [0.15, 0.2) is 0 Å². The van der Waals surface area contributed by atoms with Gasteiger partial charge in [0.1, 0.15) is 0 Å². The molecule has 1 rings (SSSR count). The summed E-state index contributed by atoms with van der Waals surface area (Å²) in [5.41, 5.74) is -1.46. The number of nitro groups is 1. The lowest BCUT2D eigenvalue weighted by Gasteiger charge is -2.28. The molecule has 0 saturated carbocycles. The van der Waals surface area contributed by atoms with Crippen molar-refractivity contribution in [3.63, 3.8) is 0 Å². The van der Waals surface area contributed by atoms with Gasteiger partial charge in [-0.1, -0.05) is 23.2 Å². The van der Waals surface area contributed by atoms with Crippen LogP contribution in [0.25, 0.3) is 0 Å². The molecule has 0 aliphatic rings. The van der Waals surface area contributed by atoms with E-state index in [2.05, 4.69) is 0 Å². The number of nitrogens with zero attached hydrogens (tertiary/aromatic N) is 2. The maximum absolute atomic E-state index is 12.5. The molecule has 1 amide bonds. The van der Waals surface area contributed by atoms with Crippen molar-refractivity contribution < 1.29 is 14.8 Å². The number of carbonyl (C=O) groups is 1. The predicted octanol–water partition coefficient (Wildman–Crippen LogP) is 3.13. The predicted molar refractivity (Wildman–Crippen MR) is 81.0 cm³/mol. The summed E-state index contributed by atoms with van der Waals surface area (Å²) in [5, 5.41) is 20.6. The zero-order chi connectivity index (χ0) is 16.4. The number of halogens is 2. The summed E-state index contributed by atoms with van der Waals surface area (Å²) in [4.78, 5) is 24.0. The van der Waals surface area contributed by atoms with E-state index in [0.29, 0.717) is 6.54 Å². The third-order valence-electron chi connectivity index (χ3n) is 2.70. The van der Waals surface area contributed by atoms with Crippen LogP contribution in [0.5, 0.6) is 0 Å². The number of benzene rings is 1. The Morgan fingerprint density at radius 1 is 1.43 bits per heavy atom. The fourth-order valence-electron chi connectivity index (χ4n) is 1.80. The minimum Gasteiger partial charge on any atom is -0.389 e. The fraction of sp³-hybridized carbons (Fsp3) is 0.462. The lowest BCUT2D eigenvalue weighted by Crippen LogP contribution is -2.42. The van der Waals surface area contributed by atoms with Gasteiger partial charge in [0.2, 0.25) is 0 Å². The Morgan fingerprint density at radius 3 is 2.43 bits per heavy atom. The lowest BCUT2D eigenvalue weighted by molar-refractivity contribution is -0.384. The summed E-state index contributed by atoms with van der Waals surface area (Å²) in [6.07, 6.45) is 0. The van der Waals surface area contributed by atoms with Gasteiger partial charge in [-0.05, 0) is 20.8 Å². The molecule has 6 nitrogen and oxygen atoms in total. The Hall–Kier alpha value is -1.37. The summed E-state index contributed by atoms with van der Waals surface area (Å²) in [5.74, 6) is -0.518. The van der Waals surface area contributed by atoms with Crippen LogP contribution >= 0.6 is 23.2 Å². The molecule has 1 N–H and O–H groups in total. The van der Waals surface area contributed by atoms with Crippen molar-refractivity contribution in [3.8, 4) is 0 Å². The molecular formula is C13H16Cl2N2O4. The van der Waals surface area contributed by atoms with Gasteiger partial charge in [-0.2, -0.15) is 0 Å². The lowest BCUT2D eigenvalue weighted by atomic mass is 10.1. The standard InChI is InChI=1S/C13H16Cl2N2O4/c1-4-16(7-13(2,3)19)12(18)9-5-8(17(20)21)6-10(14)11(9)15/h5-6,19H,4,7H2,1-3H3. The molecule has 1 aromatic carbocycles. The number of carbonyl (C=O) groups excluding carboxylic acids is 1. The highest BCUT2D eigenvalue weighted by atomic mass is 35.5. The maximum Gasteiger partial charge on any atom is 0.271 e.